The number of rotatable bonds is 11. The number of aryl methyl sites for hydroxylation is 4. The minimum atomic E-state index is -4.64. The van der Waals surface area contributed by atoms with Crippen LogP contribution in [0.25, 0.3) is 21.8 Å². The molecule has 6 aromatic heterocycles. The number of benzene rings is 2. The molecule has 0 spiro atoms. The molecular weight excluding hydrogens is 989 g/mol. The van der Waals surface area contributed by atoms with Crippen LogP contribution in [-0.4, -0.2) is 75.8 Å². The Morgan fingerprint density at radius 1 is 0.671 bits per heavy atom. The van der Waals surface area contributed by atoms with Crippen LogP contribution in [-0.2, 0) is 35.5 Å². The number of halogens is 5. The third-order valence-corrected chi connectivity index (χ3v) is 11.1. The van der Waals surface area contributed by atoms with Crippen molar-refractivity contribution >= 4 is 80.8 Å². The van der Waals surface area contributed by atoms with E-state index in [1.807, 2.05) is 76.2 Å². The summed E-state index contributed by atoms with van der Waals surface area (Å²) in [7, 11) is 0. The Kier molecular flexibility index (Phi) is 17.5. The Morgan fingerprint density at radius 2 is 1.12 bits per heavy atom. The molecule has 2 aromatic carbocycles. The van der Waals surface area contributed by atoms with E-state index >= 15 is 0 Å². The van der Waals surface area contributed by atoms with Crippen molar-refractivity contribution in [2.75, 3.05) is 11.1 Å². The number of anilines is 2. The van der Waals surface area contributed by atoms with Crippen molar-refractivity contribution in [3.8, 4) is 0 Å². The first-order valence-electron chi connectivity index (χ1n) is 22.4. The fourth-order valence-corrected chi connectivity index (χ4v) is 7.69. The van der Waals surface area contributed by atoms with Gasteiger partial charge in [-0.3, -0.25) is 29.7 Å². The standard InChI is InChI=1S/C27H29ClN6O3.C22H21ClN6O.C2HF3O/c1-15-8-23(34-26(36)37-27(3,4)5)32-16(2)21(15)14-31-25(35)24-30-13-20(33-24)10-17-6-7-22-18(9-17)11-19(28)12-29-22;1-12-5-20(24)28-13(2)18(12)11-27-22(30)21-26-10-17(29-21)7-14-3-4-19-15(6-14)8-16(23)9-25-19;3-2(4,5)1-6/h6-9,11-13H,10,14H2,1-5H3,(H,30,33)(H,31,35)(H,32,34,36);3-6,8-10H,7,11H2,1-2H3,(H2,24,28)(H,26,29)(H,27,30);1H. The number of nitrogen functional groups attached to an aromatic ring is 1. The quantitative estimate of drug-likeness (QED) is 0.0663. The molecule has 0 aliphatic rings. The number of hydrogen-bond donors (Lipinski definition) is 6. The molecule has 0 atom stereocenters. The number of aromatic nitrogens is 8. The third-order valence-electron chi connectivity index (χ3n) is 10.6. The van der Waals surface area contributed by atoms with Crippen LogP contribution >= 0.6 is 23.2 Å². The van der Waals surface area contributed by atoms with E-state index in [1.165, 1.54) is 0 Å². The van der Waals surface area contributed by atoms with Crippen LogP contribution in [0, 0.1) is 27.7 Å². The first-order chi connectivity index (χ1) is 34.4. The maximum atomic E-state index is 12.7. The smallest absolute Gasteiger partial charge is 0.444 e. The van der Waals surface area contributed by atoms with E-state index in [4.69, 9.17) is 38.5 Å². The number of carbonyl (C=O) groups excluding carboxylic acids is 4. The second-order valence-corrected chi connectivity index (χ2v) is 18.6. The Bertz CT molecular complexity index is 3270. The molecule has 0 fully saturated rings. The number of carbonyl (C=O) groups is 4. The number of nitrogens with zero attached hydrogens (tertiary/aromatic N) is 6. The summed E-state index contributed by atoms with van der Waals surface area (Å²) in [5.74, 6) is 0.771. The van der Waals surface area contributed by atoms with E-state index in [9.17, 15) is 27.6 Å². The van der Waals surface area contributed by atoms with Crippen LogP contribution in [0.15, 0.2) is 85.5 Å². The number of H-pyrrole nitrogens is 2. The van der Waals surface area contributed by atoms with E-state index in [0.717, 1.165) is 72.3 Å². The summed E-state index contributed by atoms with van der Waals surface area (Å²) in [6.07, 6.45) is 1.51. The minimum Gasteiger partial charge on any atom is -0.444 e. The van der Waals surface area contributed by atoms with Gasteiger partial charge >= 0.3 is 12.3 Å². The van der Waals surface area contributed by atoms with Crippen molar-refractivity contribution < 1.29 is 37.1 Å². The molecule has 0 saturated carbocycles. The van der Waals surface area contributed by atoms with Gasteiger partial charge < -0.3 is 31.1 Å². The fraction of sp³-hybridized carbons (Fsp3) is 0.255. The average Bonchev–Trinajstić information content (AvgIpc) is 3.98. The number of aldehydes is 1. The van der Waals surface area contributed by atoms with Crippen molar-refractivity contribution in [2.24, 2.45) is 0 Å². The molecule has 6 heterocycles. The molecular formula is C51H51Cl2F3N12O5. The van der Waals surface area contributed by atoms with E-state index in [-0.39, 0.29) is 30.0 Å². The number of aromatic amines is 2. The highest BCUT2D eigenvalue weighted by atomic mass is 35.5. The second kappa shape index (κ2) is 23.5. The first-order valence-corrected chi connectivity index (χ1v) is 23.1. The van der Waals surface area contributed by atoms with E-state index in [2.05, 4.69) is 55.8 Å². The predicted octanol–water partition coefficient (Wildman–Crippen LogP) is 9.96. The van der Waals surface area contributed by atoms with Crippen LogP contribution < -0.4 is 21.7 Å². The van der Waals surface area contributed by atoms with Crippen LogP contribution in [0.4, 0.5) is 29.6 Å². The van der Waals surface area contributed by atoms with E-state index < -0.39 is 24.2 Å². The summed E-state index contributed by atoms with van der Waals surface area (Å²) in [6, 6.07) is 19.2. The lowest BCUT2D eigenvalue weighted by Crippen LogP contribution is -2.28. The molecule has 3 amide bonds. The normalized spacial score (nSPS) is 11.2. The molecule has 7 N–H and O–H groups in total. The van der Waals surface area contributed by atoms with Gasteiger partial charge in [-0.15, -0.1) is 0 Å². The van der Waals surface area contributed by atoms with E-state index in [1.54, 1.807) is 57.7 Å². The Labute approximate surface area is 427 Å². The second-order valence-electron chi connectivity index (χ2n) is 17.7. The molecule has 8 rings (SSSR count). The van der Waals surface area contributed by atoms with Gasteiger partial charge in [0, 0.05) is 84.3 Å². The average molecular weight is 1040 g/mol. The monoisotopic (exact) mass is 1040 g/mol. The van der Waals surface area contributed by atoms with Gasteiger partial charge in [-0.25, -0.2) is 24.7 Å². The first kappa shape index (κ1) is 54.4. The molecule has 22 heteroatoms. The molecule has 0 saturated heterocycles. The van der Waals surface area contributed by atoms with Crippen LogP contribution in [0.5, 0.6) is 0 Å². The number of alkyl halides is 3. The summed E-state index contributed by atoms with van der Waals surface area (Å²) in [5, 5.41) is 11.5. The van der Waals surface area contributed by atoms with Crippen LogP contribution in [0.2, 0.25) is 10.0 Å². The zero-order valence-electron chi connectivity index (χ0n) is 40.7. The molecule has 8 aromatic rings. The zero-order chi connectivity index (χ0) is 53.2. The lowest BCUT2D eigenvalue weighted by Gasteiger charge is -2.20. The van der Waals surface area contributed by atoms with Gasteiger partial charge in [0.1, 0.15) is 17.2 Å². The topological polar surface area (TPSA) is 249 Å². The van der Waals surface area contributed by atoms with Crippen molar-refractivity contribution in [1.82, 2.24) is 50.5 Å². The van der Waals surface area contributed by atoms with Gasteiger partial charge in [0.15, 0.2) is 11.6 Å². The molecule has 0 bridgehead atoms. The van der Waals surface area contributed by atoms with Gasteiger partial charge in [0.2, 0.25) is 6.29 Å². The molecule has 0 aliphatic carbocycles. The van der Waals surface area contributed by atoms with Gasteiger partial charge in [-0.2, -0.15) is 13.2 Å². The van der Waals surface area contributed by atoms with Gasteiger partial charge in [-0.05, 0) is 130 Å². The lowest BCUT2D eigenvalue weighted by molar-refractivity contribution is -0.156. The zero-order valence-corrected chi connectivity index (χ0v) is 42.2. The number of pyridine rings is 4. The fourth-order valence-electron chi connectivity index (χ4n) is 7.35. The number of hydrogen-bond acceptors (Lipinski definition) is 12. The number of fused-ring (bicyclic) bond motifs is 2. The largest absolute Gasteiger partial charge is 0.446 e. The number of nitrogens with two attached hydrogens (primary N) is 1. The number of imidazole rings is 2. The summed E-state index contributed by atoms with van der Waals surface area (Å²) >= 11 is 12.1. The third kappa shape index (κ3) is 16.0. The molecule has 73 heavy (non-hydrogen) atoms. The summed E-state index contributed by atoms with van der Waals surface area (Å²) < 4.78 is 36.5. The van der Waals surface area contributed by atoms with Crippen molar-refractivity contribution in [3.05, 3.63) is 163 Å². The highest BCUT2D eigenvalue weighted by Crippen LogP contribution is 2.23. The van der Waals surface area contributed by atoms with Gasteiger partial charge in [0.05, 0.1) is 21.1 Å². The Morgan fingerprint density at radius 3 is 1.55 bits per heavy atom. The highest BCUT2D eigenvalue weighted by Gasteiger charge is 2.25. The maximum Gasteiger partial charge on any atom is 0.446 e. The number of ether oxygens (including phenoxy) is 1. The molecule has 17 nitrogen and oxygen atoms in total. The lowest BCUT2D eigenvalue weighted by atomic mass is 10.1. The molecule has 380 valence electrons. The Balaban J connectivity index is 0.000000218. The molecule has 0 radical (unpaired) electrons. The highest BCUT2D eigenvalue weighted by molar-refractivity contribution is 6.31. The molecule has 0 aliphatic heterocycles. The SMILES string of the molecule is Cc1cc(N)nc(C)c1CNC(=O)c1ncc(Cc2ccc3ncc(Cl)cc3c2)[nH]1.Cc1cc(NC(=O)OC(C)(C)C)nc(C)c1CNC(=O)c1ncc(Cc2ccc3ncc(Cl)cc3c2)[nH]1.O=CC(F)(F)F. The van der Waals surface area contributed by atoms with Crippen LogP contribution in [0.3, 0.4) is 0 Å². The molecule has 0 unspecified atom stereocenters. The summed E-state index contributed by atoms with van der Waals surface area (Å²) in [6.45, 7) is 13.6. The van der Waals surface area contributed by atoms with Crippen molar-refractivity contribution in [2.45, 2.75) is 86.2 Å². The van der Waals surface area contributed by atoms with Crippen molar-refractivity contribution in [1.29, 1.82) is 0 Å². The van der Waals surface area contributed by atoms with E-state index in [0.29, 0.717) is 46.8 Å². The number of nitrogens with one attached hydrogen (secondary N) is 5. The Hall–Kier alpha value is -7.97. The predicted molar refractivity (Wildman–Crippen MR) is 272 cm³/mol. The minimum absolute atomic E-state index is 0.229. The van der Waals surface area contributed by atoms with Gasteiger partial charge in [0.25, 0.3) is 11.8 Å². The summed E-state index contributed by atoms with van der Waals surface area (Å²) in [4.78, 5) is 78.0. The number of amides is 3. The van der Waals surface area contributed by atoms with Crippen molar-refractivity contribution in [3.63, 3.8) is 0 Å². The summed E-state index contributed by atoms with van der Waals surface area (Å²) in [5.41, 5.74) is 15.9. The van der Waals surface area contributed by atoms with Crippen LogP contribution in [0.1, 0.15) is 98.2 Å². The maximum absolute atomic E-state index is 12.7. The van der Waals surface area contributed by atoms with Gasteiger partial charge in [-0.1, -0.05) is 35.3 Å².